The molecule has 6 nitrogen and oxygen atoms in total. The molecule has 0 saturated carbocycles. The lowest BCUT2D eigenvalue weighted by molar-refractivity contribution is 0.848. The Balaban J connectivity index is 1.57. The average Bonchev–Trinajstić information content (AvgIpc) is 3.15. The summed E-state index contributed by atoms with van der Waals surface area (Å²) in [7, 11) is 0. The standard InChI is InChI=1S/C16H15N5OS3/c1-9(2)24-16-20-21-13(22)7-10(17-15(21)25-16)8-23-14-18-11-5-3-4-6-12(11)19-14/h3-7,9H,8H2,1-2H3,(H,18,19). The molecule has 1 N–H and O–H groups in total. The summed E-state index contributed by atoms with van der Waals surface area (Å²) >= 11 is 4.62. The number of H-pyrrole nitrogens is 1. The number of rotatable bonds is 5. The van der Waals surface area contributed by atoms with Crippen LogP contribution in [-0.2, 0) is 5.75 Å². The number of aromatic amines is 1. The van der Waals surface area contributed by atoms with Gasteiger partial charge in [0.05, 0.1) is 16.7 Å². The first-order chi connectivity index (χ1) is 12.1. The van der Waals surface area contributed by atoms with Crippen molar-refractivity contribution in [1.29, 1.82) is 0 Å². The van der Waals surface area contributed by atoms with E-state index >= 15 is 0 Å². The molecule has 0 unspecified atom stereocenters. The minimum Gasteiger partial charge on any atom is -0.333 e. The van der Waals surface area contributed by atoms with E-state index in [2.05, 4.69) is 33.9 Å². The molecule has 0 aliphatic rings. The van der Waals surface area contributed by atoms with Crippen LogP contribution in [-0.4, -0.2) is 29.8 Å². The lowest BCUT2D eigenvalue weighted by atomic mass is 10.3. The van der Waals surface area contributed by atoms with Crippen molar-refractivity contribution < 1.29 is 0 Å². The van der Waals surface area contributed by atoms with Crippen LogP contribution < -0.4 is 5.56 Å². The summed E-state index contributed by atoms with van der Waals surface area (Å²) in [5.41, 5.74) is 2.54. The van der Waals surface area contributed by atoms with Gasteiger partial charge in [-0.3, -0.25) is 4.79 Å². The number of para-hydroxylation sites is 2. The van der Waals surface area contributed by atoms with Gasteiger partial charge in [0.25, 0.3) is 5.56 Å². The van der Waals surface area contributed by atoms with Gasteiger partial charge in [-0.05, 0) is 12.1 Å². The van der Waals surface area contributed by atoms with Crippen molar-refractivity contribution in [3.8, 4) is 0 Å². The van der Waals surface area contributed by atoms with Crippen molar-refractivity contribution in [2.45, 2.75) is 34.3 Å². The van der Waals surface area contributed by atoms with Gasteiger partial charge >= 0.3 is 0 Å². The summed E-state index contributed by atoms with van der Waals surface area (Å²) < 4.78 is 2.24. The van der Waals surface area contributed by atoms with Gasteiger partial charge < -0.3 is 4.98 Å². The Hall–Kier alpha value is -1.84. The van der Waals surface area contributed by atoms with Gasteiger partial charge in [0.1, 0.15) is 0 Å². The Morgan fingerprint density at radius 2 is 2.12 bits per heavy atom. The first-order valence-corrected chi connectivity index (χ1v) is 10.4. The average molecular weight is 390 g/mol. The minimum absolute atomic E-state index is 0.142. The van der Waals surface area contributed by atoms with Gasteiger partial charge in [-0.25, -0.2) is 9.97 Å². The largest absolute Gasteiger partial charge is 0.333 e. The quantitative estimate of drug-likeness (QED) is 0.523. The van der Waals surface area contributed by atoms with Gasteiger partial charge in [0.15, 0.2) is 9.50 Å². The van der Waals surface area contributed by atoms with Crippen LogP contribution in [0.4, 0.5) is 0 Å². The fraction of sp³-hybridized carbons (Fsp3) is 0.250. The SMILES string of the molecule is CC(C)Sc1nn2c(=O)cc(CSc3nc4ccccc4[nH]3)nc2s1. The molecule has 0 radical (unpaired) electrons. The third kappa shape index (κ3) is 3.58. The number of nitrogens with one attached hydrogen (secondary N) is 1. The van der Waals surface area contributed by atoms with Gasteiger partial charge in [-0.15, -0.1) is 5.10 Å². The summed E-state index contributed by atoms with van der Waals surface area (Å²) in [6.07, 6.45) is 0. The molecule has 9 heteroatoms. The van der Waals surface area contributed by atoms with E-state index in [-0.39, 0.29) is 5.56 Å². The highest BCUT2D eigenvalue weighted by atomic mass is 32.2. The second kappa shape index (κ2) is 6.81. The van der Waals surface area contributed by atoms with E-state index in [1.807, 2.05) is 24.3 Å². The molecule has 4 rings (SSSR count). The first kappa shape index (κ1) is 16.6. The Morgan fingerprint density at radius 3 is 2.92 bits per heavy atom. The van der Waals surface area contributed by atoms with Crippen LogP contribution in [0, 0.1) is 0 Å². The highest BCUT2D eigenvalue weighted by molar-refractivity contribution is 8.01. The molecule has 0 spiro atoms. The Bertz CT molecular complexity index is 1060. The molecule has 0 bridgehead atoms. The summed E-state index contributed by atoms with van der Waals surface area (Å²) in [5, 5.41) is 5.58. The van der Waals surface area contributed by atoms with Gasteiger partial charge in [-0.1, -0.05) is 60.8 Å². The summed E-state index contributed by atoms with van der Waals surface area (Å²) in [6, 6.07) is 9.45. The normalized spacial score (nSPS) is 11.8. The fourth-order valence-corrected chi connectivity index (χ4v) is 5.26. The fourth-order valence-electron chi connectivity index (χ4n) is 2.30. The van der Waals surface area contributed by atoms with E-state index in [0.717, 1.165) is 26.2 Å². The second-order valence-electron chi connectivity index (χ2n) is 5.66. The number of imidazole rings is 1. The van der Waals surface area contributed by atoms with Crippen molar-refractivity contribution in [1.82, 2.24) is 24.6 Å². The zero-order chi connectivity index (χ0) is 17.4. The van der Waals surface area contributed by atoms with E-state index in [4.69, 9.17) is 0 Å². The van der Waals surface area contributed by atoms with Crippen LogP contribution in [0.3, 0.4) is 0 Å². The van der Waals surface area contributed by atoms with E-state index in [1.165, 1.54) is 27.6 Å². The van der Waals surface area contributed by atoms with Crippen LogP contribution in [0.25, 0.3) is 16.0 Å². The topological polar surface area (TPSA) is 75.9 Å². The number of benzene rings is 1. The molecule has 0 atom stereocenters. The molecule has 4 aromatic rings. The molecule has 0 aliphatic heterocycles. The first-order valence-electron chi connectivity index (χ1n) is 7.72. The molecule has 1 aromatic carbocycles. The summed E-state index contributed by atoms with van der Waals surface area (Å²) in [5.74, 6) is 0.579. The monoisotopic (exact) mass is 389 g/mol. The van der Waals surface area contributed by atoms with Crippen molar-refractivity contribution in [3.63, 3.8) is 0 Å². The van der Waals surface area contributed by atoms with Crippen LogP contribution in [0.1, 0.15) is 19.5 Å². The van der Waals surface area contributed by atoms with Crippen molar-refractivity contribution in [3.05, 3.63) is 46.4 Å². The highest BCUT2D eigenvalue weighted by Crippen LogP contribution is 2.27. The number of hydrogen-bond acceptors (Lipinski definition) is 7. The van der Waals surface area contributed by atoms with E-state index < -0.39 is 0 Å². The zero-order valence-electron chi connectivity index (χ0n) is 13.6. The molecular formula is C16H15N5OS3. The highest BCUT2D eigenvalue weighted by Gasteiger charge is 2.11. The molecule has 25 heavy (non-hydrogen) atoms. The van der Waals surface area contributed by atoms with Crippen molar-refractivity contribution in [2.24, 2.45) is 0 Å². The molecule has 0 amide bonds. The number of nitrogens with zero attached hydrogens (tertiary/aromatic N) is 4. The maximum absolute atomic E-state index is 12.3. The number of fused-ring (bicyclic) bond motifs is 2. The lowest BCUT2D eigenvalue weighted by Gasteiger charge is -1.98. The van der Waals surface area contributed by atoms with Gasteiger partial charge in [0.2, 0.25) is 4.96 Å². The van der Waals surface area contributed by atoms with E-state index in [9.17, 15) is 4.79 Å². The van der Waals surface area contributed by atoms with Gasteiger partial charge in [-0.2, -0.15) is 4.52 Å². The third-order valence-corrected chi connectivity index (χ3v) is 6.24. The number of aromatic nitrogens is 5. The molecule has 3 heterocycles. The maximum Gasteiger partial charge on any atom is 0.275 e. The lowest BCUT2D eigenvalue weighted by Crippen LogP contribution is -2.15. The predicted molar refractivity (Wildman–Crippen MR) is 104 cm³/mol. The van der Waals surface area contributed by atoms with Gasteiger partial charge in [0, 0.05) is 17.1 Å². The third-order valence-electron chi connectivity index (χ3n) is 3.34. The number of thioether (sulfide) groups is 2. The Morgan fingerprint density at radius 1 is 1.28 bits per heavy atom. The second-order valence-corrected chi connectivity index (χ2v) is 9.41. The smallest absolute Gasteiger partial charge is 0.275 e. The van der Waals surface area contributed by atoms with Crippen LogP contribution in [0.5, 0.6) is 0 Å². The molecule has 128 valence electrons. The number of hydrogen-bond donors (Lipinski definition) is 1. The molecule has 0 aliphatic carbocycles. The summed E-state index contributed by atoms with van der Waals surface area (Å²) in [6.45, 7) is 4.20. The zero-order valence-corrected chi connectivity index (χ0v) is 16.0. The molecule has 0 fully saturated rings. The summed E-state index contributed by atoms with van der Waals surface area (Å²) in [4.78, 5) is 25.3. The van der Waals surface area contributed by atoms with Crippen LogP contribution in [0.15, 0.2) is 44.6 Å². The Kier molecular flexibility index (Phi) is 4.53. The predicted octanol–water partition coefficient (Wildman–Crippen LogP) is 3.82. The van der Waals surface area contributed by atoms with Crippen molar-refractivity contribution >= 4 is 50.9 Å². The molecule has 3 aromatic heterocycles. The Labute approximate surface area is 156 Å². The molecule has 0 saturated heterocycles. The van der Waals surface area contributed by atoms with Crippen molar-refractivity contribution in [2.75, 3.05) is 0 Å². The van der Waals surface area contributed by atoms with Crippen LogP contribution in [0.2, 0.25) is 0 Å². The maximum atomic E-state index is 12.3. The molecular weight excluding hydrogens is 374 g/mol. The minimum atomic E-state index is -0.142. The van der Waals surface area contributed by atoms with Crippen LogP contribution >= 0.6 is 34.9 Å². The van der Waals surface area contributed by atoms with E-state index in [0.29, 0.717) is 16.0 Å². The van der Waals surface area contributed by atoms with E-state index in [1.54, 1.807) is 17.8 Å².